The number of para-hydroxylation sites is 1. The van der Waals surface area contributed by atoms with Gasteiger partial charge in [-0.15, -0.1) is 0 Å². The summed E-state index contributed by atoms with van der Waals surface area (Å²) < 4.78 is 29.8. The smallest absolute Gasteiger partial charge is 0.282 e. The van der Waals surface area contributed by atoms with Crippen LogP contribution in [-0.4, -0.2) is 54.0 Å². The largest absolute Gasteiger partial charge is 0.360 e. The summed E-state index contributed by atoms with van der Waals surface area (Å²) in [5, 5.41) is 16.9. The van der Waals surface area contributed by atoms with Crippen LogP contribution in [0, 0.1) is 6.92 Å². The highest BCUT2D eigenvalue weighted by Gasteiger charge is 2.23. The number of hydrogen-bond acceptors (Lipinski definition) is 8. The number of aromatic amines is 2. The molecule has 7 rings (SSSR count). The minimum Gasteiger partial charge on any atom is -0.360 e. The van der Waals surface area contributed by atoms with E-state index < -0.39 is 16.1 Å². The molecule has 1 unspecified atom stereocenters. The first-order valence-corrected chi connectivity index (χ1v) is 15.3. The molecule has 216 valence electrons. The van der Waals surface area contributed by atoms with E-state index in [1.807, 2.05) is 50.2 Å². The Morgan fingerprint density at radius 2 is 1.86 bits per heavy atom. The zero-order valence-electron chi connectivity index (χ0n) is 23.3. The number of nitrogens with zero attached hydrogens (tertiary/aromatic N) is 6. The molecule has 0 amide bonds. The van der Waals surface area contributed by atoms with Gasteiger partial charge in [0.2, 0.25) is 10.0 Å². The van der Waals surface area contributed by atoms with Gasteiger partial charge < -0.3 is 10.3 Å². The maximum atomic E-state index is 13.8. The normalized spacial score (nSPS) is 12.7. The van der Waals surface area contributed by atoms with Gasteiger partial charge in [-0.05, 0) is 55.3 Å². The van der Waals surface area contributed by atoms with E-state index in [2.05, 4.69) is 35.2 Å². The molecule has 13 nitrogen and oxygen atoms in total. The van der Waals surface area contributed by atoms with Crippen molar-refractivity contribution in [1.29, 1.82) is 0 Å². The topological polar surface area (TPSA) is 168 Å². The molecule has 0 aliphatic carbocycles. The van der Waals surface area contributed by atoms with Gasteiger partial charge in [-0.3, -0.25) is 19.2 Å². The third-order valence-electron chi connectivity index (χ3n) is 7.29. The monoisotopic (exact) mass is 594 g/mol. The van der Waals surface area contributed by atoms with E-state index in [0.29, 0.717) is 45.1 Å². The molecule has 4 N–H and O–H groups in total. The molecule has 14 heteroatoms. The fourth-order valence-electron chi connectivity index (χ4n) is 5.44. The van der Waals surface area contributed by atoms with Crippen LogP contribution in [-0.2, 0) is 10.0 Å². The molecular weight excluding hydrogens is 568 g/mol. The quantitative estimate of drug-likeness (QED) is 0.213. The Hall–Kier alpha value is -5.50. The number of hydrogen-bond donors (Lipinski definition) is 4. The predicted octanol–water partition coefficient (Wildman–Crippen LogP) is 4.15. The fraction of sp³-hybridized carbons (Fsp3) is 0.138. The van der Waals surface area contributed by atoms with Gasteiger partial charge in [0.25, 0.3) is 5.56 Å². The van der Waals surface area contributed by atoms with Crippen LogP contribution < -0.4 is 15.6 Å². The summed E-state index contributed by atoms with van der Waals surface area (Å²) >= 11 is 0. The van der Waals surface area contributed by atoms with Crippen molar-refractivity contribution in [2.75, 3.05) is 16.3 Å². The van der Waals surface area contributed by atoms with Crippen molar-refractivity contribution in [3.05, 3.63) is 95.2 Å². The Kier molecular flexibility index (Phi) is 6.02. The molecule has 0 aliphatic heterocycles. The van der Waals surface area contributed by atoms with Crippen LogP contribution in [0.3, 0.4) is 0 Å². The number of rotatable bonds is 7. The first-order valence-electron chi connectivity index (χ1n) is 13.4. The molecule has 43 heavy (non-hydrogen) atoms. The standard InChI is InChI=1S/C29H26N10O3S/c1-16-9-10-38-25(16)29(40)39(19-7-5-4-6-8-19)28(36-38)17(2)34-27-24-22(13-30-26(24)31-15-32-27)20-11-18(37-43(3,41)42)12-23-21(20)14-33-35-23/h4-15,17,37H,1-3H3,(H,33,35)(H2,30,31,32,34). The maximum absolute atomic E-state index is 13.8. The minimum atomic E-state index is -3.52. The van der Waals surface area contributed by atoms with Gasteiger partial charge in [-0.1, -0.05) is 18.2 Å². The molecule has 0 bridgehead atoms. The Morgan fingerprint density at radius 3 is 2.65 bits per heavy atom. The Bertz CT molecular complexity index is 2340. The highest BCUT2D eigenvalue weighted by Crippen LogP contribution is 2.38. The maximum Gasteiger partial charge on any atom is 0.282 e. The van der Waals surface area contributed by atoms with Gasteiger partial charge in [0, 0.05) is 23.3 Å². The second-order valence-corrected chi connectivity index (χ2v) is 12.1. The van der Waals surface area contributed by atoms with Crippen LogP contribution in [0.2, 0.25) is 0 Å². The van der Waals surface area contributed by atoms with Gasteiger partial charge in [-0.2, -0.15) is 10.2 Å². The highest BCUT2D eigenvalue weighted by molar-refractivity contribution is 7.92. The van der Waals surface area contributed by atoms with Gasteiger partial charge in [0.05, 0.1) is 40.8 Å². The van der Waals surface area contributed by atoms with Crippen molar-refractivity contribution >= 4 is 49.0 Å². The van der Waals surface area contributed by atoms with Crippen molar-refractivity contribution in [2.24, 2.45) is 0 Å². The van der Waals surface area contributed by atoms with Crippen LogP contribution in [0.1, 0.15) is 24.4 Å². The second-order valence-electron chi connectivity index (χ2n) is 10.4. The number of nitrogens with one attached hydrogen (secondary N) is 4. The Morgan fingerprint density at radius 1 is 1.05 bits per heavy atom. The second kappa shape index (κ2) is 9.80. The molecule has 1 atom stereocenters. The number of fused-ring (bicyclic) bond motifs is 3. The van der Waals surface area contributed by atoms with Gasteiger partial charge in [-0.25, -0.2) is 22.9 Å². The average Bonchev–Trinajstić information content (AvgIpc) is 3.71. The molecule has 0 aliphatic rings. The molecule has 0 saturated heterocycles. The van der Waals surface area contributed by atoms with E-state index in [1.165, 1.54) is 6.33 Å². The molecule has 2 aromatic carbocycles. The lowest BCUT2D eigenvalue weighted by molar-refractivity contribution is 0.607. The van der Waals surface area contributed by atoms with Crippen LogP contribution in [0.5, 0.6) is 0 Å². The highest BCUT2D eigenvalue weighted by atomic mass is 32.2. The summed E-state index contributed by atoms with van der Waals surface area (Å²) in [5.74, 6) is 0.990. The van der Waals surface area contributed by atoms with Crippen LogP contribution >= 0.6 is 0 Å². The Labute approximate surface area is 244 Å². The van der Waals surface area contributed by atoms with Crippen LogP contribution in [0.25, 0.3) is 44.3 Å². The number of aryl methyl sites for hydroxylation is 1. The third kappa shape index (κ3) is 4.57. The molecule has 5 heterocycles. The van der Waals surface area contributed by atoms with Crippen molar-refractivity contribution in [3.63, 3.8) is 0 Å². The Balaban J connectivity index is 1.38. The fourth-order valence-corrected chi connectivity index (χ4v) is 5.99. The zero-order valence-corrected chi connectivity index (χ0v) is 24.1. The van der Waals surface area contributed by atoms with Crippen molar-refractivity contribution in [3.8, 4) is 16.8 Å². The molecule has 5 aromatic heterocycles. The molecular formula is C29H26N10O3S. The summed E-state index contributed by atoms with van der Waals surface area (Å²) in [6, 6.07) is 14.2. The third-order valence-corrected chi connectivity index (χ3v) is 7.90. The number of anilines is 2. The lowest BCUT2D eigenvalue weighted by Gasteiger charge is -2.20. The van der Waals surface area contributed by atoms with Crippen LogP contribution in [0.4, 0.5) is 11.5 Å². The van der Waals surface area contributed by atoms with E-state index in [-0.39, 0.29) is 5.56 Å². The van der Waals surface area contributed by atoms with E-state index in [9.17, 15) is 13.2 Å². The van der Waals surface area contributed by atoms with Crippen molar-refractivity contribution < 1.29 is 8.42 Å². The van der Waals surface area contributed by atoms with Gasteiger partial charge >= 0.3 is 0 Å². The summed E-state index contributed by atoms with van der Waals surface area (Å²) in [7, 11) is -3.52. The first-order chi connectivity index (χ1) is 20.7. The first kappa shape index (κ1) is 26.4. The summed E-state index contributed by atoms with van der Waals surface area (Å²) in [5.41, 5.74) is 4.92. The van der Waals surface area contributed by atoms with E-state index in [1.54, 1.807) is 39.8 Å². The summed E-state index contributed by atoms with van der Waals surface area (Å²) in [6.45, 7) is 3.80. The number of benzene rings is 2. The SMILES string of the molecule is Cc1ccn2nc(C(C)Nc3ncnc4[nH]cc(-c5cc(NS(C)(=O)=O)cc6[nH]ncc56)c34)n(-c3ccccc3)c(=O)c12. The van der Waals surface area contributed by atoms with Crippen LogP contribution in [0.15, 0.2) is 78.2 Å². The molecule has 0 radical (unpaired) electrons. The van der Waals surface area contributed by atoms with Gasteiger partial charge in [0.1, 0.15) is 23.3 Å². The van der Waals surface area contributed by atoms with E-state index in [4.69, 9.17) is 5.10 Å². The van der Waals surface area contributed by atoms with E-state index >= 15 is 0 Å². The molecule has 0 spiro atoms. The minimum absolute atomic E-state index is 0.181. The van der Waals surface area contributed by atoms with E-state index in [0.717, 1.165) is 28.3 Å². The predicted molar refractivity (Wildman–Crippen MR) is 165 cm³/mol. The average molecular weight is 595 g/mol. The number of sulfonamides is 1. The molecule has 7 aromatic rings. The lowest BCUT2D eigenvalue weighted by Crippen LogP contribution is -2.29. The molecule has 0 fully saturated rings. The van der Waals surface area contributed by atoms with Crippen molar-refractivity contribution in [2.45, 2.75) is 19.9 Å². The lowest BCUT2D eigenvalue weighted by atomic mass is 10.0. The number of aromatic nitrogens is 8. The summed E-state index contributed by atoms with van der Waals surface area (Å²) in [4.78, 5) is 26.0. The van der Waals surface area contributed by atoms with Gasteiger partial charge in [0.15, 0.2) is 5.82 Å². The molecule has 0 saturated carbocycles. The number of H-pyrrole nitrogens is 2. The summed E-state index contributed by atoms with van der Waals surface area (Å²) in [6.07, 6.45) is 7.81. The van der Waals surface area contributed by atoms with Crippen molar-refractivity contribution in [1.82, 2.24) is 39.3 Å². The zero-order chi connectivity index (χ0) is 29.9.